The van der Waals surface area contributed by atoms with E-state index in [1.165, 1.54) is 25.0 Å². The van der Waals surface area contributed by atoms with Gasteiger partial charge in [0.05, 0.1) is 17.8 Å². The Morgan fingerprint density at radius 1 is 1.03 bits per heavy atom. The number of aromatic nitrogens is 1. The minimum Gasteiger partial charge on any atom is -0.465 e. The zero-order valence-corrected chi connectivity index (χ0v) is 18.6. The van der Waals surface area contributed by atoms with Crippen molar-refractivity contribution in [2.45, 2.75) is 32.1 Å². The predicted octanol–water partition coefficient (Wildman–Crippen LogP) is 5.89. The molecule has 1 aliphatic rings. The number of benzene rings is 2. The van der Waals surface area contributed by atoms with E-state index in [9.17, 15) is 14.4 Å². The van der Waals surface area contributed by atoms with Crippen molar-refractivity contribution in [3.8, 4) is 11.1 Å². The fourth-order valence-electron chi connectivity index (χ4n) is 3.51. The number of Topliss-reactive ketones (excluding diaryl/α,β-unsaturated/α-hetero) is 1. The van der Waals surface area contributed by atoms with Gasteiger partial charge < -0.3 is 10.4 Å². The SMILES string of the molecule is Cc1cc(NC(=O)O)c(NC(=O)CC(=O)c2cccc(-c3ccc(C4CC4)nc3)c2)cc1Cl. The number of anilines is 2. The summed E-state index contributed by atoms with van der Waals surface area (Å²) in [5.74, 6) is -0.364. The van der Waals surface area contributed by atoms with Crippen LogP contribution in [0.1, 0.15) is 46.8 Å². The van der Waals surface area contributed by atoms with Crippen molar-refractivity contribution < 1.29 is 19.5 Å². The van der Waals surface area contributed by atoms with Gasteiger partial charge in [0.15, 0.2) is 5.78 Å². The largest absolute Gasteiger partial charge is 0.465 e. The van der Waals surface area contributed by atoms with Crippen molar-refractivity contribution in [3.63, 3.8) is 0 Å². The lowest BCUT2D eigenvalue weighted by atomic mass is 10.0. The molecule has 33 heavy (non-hydrogen) atoms. The van der Waals surface area contributed by atoms with Crippen molar-refractivity contribution >= 4 is 40.8 Å². The zero-order valence-electron chi connectivity index (χ0n) is 17.9. The number of rotatable bonds is 7. The van der Waals surface area contributed by atoms with E-state index in [0.717, 1.165) is 16.8 Å². The Balaban J connectivity index is 1.46. The van der Waals surface area contributed by atoms with Crippen LogP contribution in [0.25, 0.3) is 11.1 Å². The first-order chi connectivity index (χ1) is 15.8. The number of ketones is 1. The molecule has 1 aliphatic carbocycles. The number of nitrogens with one attached hydrogen (secondary N) is 2. The molecule has 2 amide bonds. The predicted molar refractivity (Wildman–Crippen MR) is 127 cm³/mol. The molecule has 3 aromatic rings. The highest BCUT2D eigenvalue weighted by molar-refractivity contribution is 6.32. The van der Waals surface area contributed by atoms with Crippen molar-refractivity contribution in [1.29, 1.82) is 0 Å². The van der Waals surface area contributed by atoms with Gasteiger partial charge in [-0.1, -0.05) is 35.9 Å². The van der Waals surface area contributed by atoms with Crippen LogP contribution in [-0.4, -0.2) is 27.9 Å². The van der Waals surface area contributed by atoms with E-state index < -0.39 is 18.4 Å². The van der Waals surface area contributed by atoms with E-state index in [1.54, 1.807) is 25.1 Å². The molecular weight excluding hydrogens is 442 g/mol. The minimum absolute atomic E-state index is 0.175. The normalized spacial score (nSPS) is 12.8. The van der Waals surface area contributed by atoms with Gasteiger partial charge in [0, 0.05) is 34.0 Å². The number of pyridine rings is 1. The molecule has 1 aromatic heterocycles. The Kier molecular flexibility index (Phi) is 6.42. The second-order valence-electron chi connectivity index (χ2n) is 8.05. The van der Waals surface area contributed by atoms with Crippen LogP contribution in [0.4, 0.5) is 16.2 Å². The number of amides is 2. The van der Waals surface area contributed by atoms with Gasteiger partial charge in [0.25, 0.3) is 0 Å². The maximum atomic E-state index is 12.8. The average Bonchev–Trinajstić information content (AvgIpc) is 3.62. The number of carbonyl (C=O) groups excluding carboxylic acids is 2. The molecule has 168 valence electrons. The Labute approximate surface area is 195 Å². The fraction of sp³-hybridized carbons (Fsp3) is 0.200. The van der Waals surface area contributed by atoms with E-state index in [2.05, 4.69) is 15.6 Å². The second kappa shape index (κ2) is 9.42. The first-order valence-electron chi connectivity index (χ1n) is 10.5. The van der Waals surface area contributed by atoms with Crippen LogP contribution >= 0.6 is 11.6 Å². The smallest absolute Gasteiger partial charge is 0.409 e. The molecule has 0 unspecified atom stereocenters. The first-order valence-corrected chi connectivity index (χ1v) is 10.9. The van der Waals surface area contributed by atoms with Gasteiger partial charge in [-0.25, -0.2) is 4.79 Å². The summed E-state index contributed by atoms with van der Waals surface area (Å²) in [6.45, 7) is 1.71. The van der Waals surface area contributed by atoms with E-state index in [-0.39, 0.29) is 17.2 Å². The van der Waals surface area contributed by atoms with Crippen LogP contribution in [0.3, 0.4) is 0 Å². The molecule has 7 nitrogen and oxygen atoms in total. The van der Waals surface area contributed by atoms with Crippen LogP contribution in [0.2, 0.25) is 5.02 Å². The number of hydrogen-bond acceptors (Lipinski definition) is 4. The molecule has 0 atom stereocenters. The molecule has 2 aromatic carbocycles. The zero-order chi connectivity index (χ0) is 23.5. The van der Waals surface area contributed by atoms with Crippen LogP contribution < -0.4 is 10.6 Å². The van der Waals surface area contributed by atoms with Crippen molar-refractivity contribution in [2.75, 3.05) is 10.6 Å². The van der Waals surface area contributed by atoms with Crippen molar-refractivity contribution in [3.05, 3.63) is 76.6 Å². The average molecular weight is 464 g/mol. The first kappa shape index (κ1) is 22.5. The molecule has 1 heterocycles. The summed E-state index contributed by atoms with van der Waals surface area (Å²) in [5.41, 5.74) is 4.24. The van der Waals surface area contributed by atoms with Crippen molar-refractivity contribution in [1.82, 2.24) is 4.98 Å². The van der Waals surface area contributed by atoms with Gasteiger partial charge in [0.1, 0.15) is 0 Å². The summed E-state index contributed by atoms with van der Waals surface area (Å²) in [6.07, 6.45) is 2.49. The highest BCUT2D eigenvalue weighted by Gasteiger charge is 2.24. The number of carboxylic acid groups (broad SMARTS) is 1. The minimum atomic E-state index is -1.28. The Morgan fingerprint density at radius 2 is 1.79 bits per heavy atom. The summed E-state index contributed by atoms with van der Waals surface area (Å²) in [6, 6.07) is 14.0. The van der Waals surface area contributed by atoms with Gasteiger partial charge in [-0.2, -0.15) is 0 Å². The summed E-state index contributed by atoms with van der Waals surface area (Å²) in [7, 11) is 0. The molecule has 4 rings (SSSR count). The fourth-order valence-corrected chi connectivity index (χ4v) is 3.68. The van der Waals surface area contributed by atoms with Gasteiger partial charge in [-0.15, -0.1) is 0 Å². The van der Waals surface area contributed by atoms with E-state index in [4.69, 9.17) is 16.7 Å². The molecule has 0 radical (unpaired) electrons. The maximum Gasteiger partial charge on any atom is 0.409 e. The molecule has 0 bridgehead atoms. The standard InChI is InChI=1S/C25H22ClN3O4/c1-14-9-21(29-25(32)33)22(11-19(14)26)28-24(31)12-23(30)17-4-2-3-16(10-17)18-7-8-20(27-13-18)15-5-6-15/h2-4,7-11,13,15,29H,5-6,12H2,1H3,(H,28,31)(H,32,33). The second-order valence-corrected chi connectivity index (χ2v) is 8.46. The van der Waals surface area contributed by atoms with Crippen LogP contribution in [-0.2, 0) is 4.79 Å². The van der Waals surface area contributed by atoms with Gasteiger partial charge >= 0.3 is 6.09 Å². The molecule has 1 fully saturated rings. The molecule has 0 aliphatic heterocycles. The number of nitrogens with zero attached hydrogens (tertiary/aromatic N) is 1. The monoisotopic (exact) mass is 463 g/mol. The highest BCUT2D eigenvalue weighted by atomic mass is 35.5. The number of hydrogen-bond donors (Lipinski definition) is 3. The molecule has 0 saturated heterocycles. The maximum absolute atomic E-state index is 12.8. The molecular formula is C25H22ClN3O4. The van der Waals surface area contributed by atoms with E-state index in [0.29, 0.717) is 22.1 Å². The van der Waals surface area contributed by atoms with Crippen LogP contribution in [0, 0.1) is 6.92 Å². The Bertz CT molecular complexity index is 1240. The van der Waals surface area contributed by atoms with E-state index in [1.807, 2.05) is 24.4 Å². The Hall–Kier alpha value is -3.71. The summed E-state index contributed by atoms with van der Waals surface area (Å²) < 4.78 is 0. The molecule has 3 N–H and O–H groups in total. The third kappa shape index (κ3) is 5.56. The summed E-state index contributed by atoms with van der Waals surface area (Å²) >= 11 is 6.11. The number of carbonyl (C=O) groups is 3. The van der Waals surface area contributed by atoms with Gasteiger partial charge in [-0.05, 0) is 55.2 Å². The lowest BCUT2D eigenvalue weighted by Crippen LogP contribution is -2.18. The van der Waals surface area contributed by atoms with Gasteiger partial charge in [-0.3, -0.25) is 19.9 Å². The topological polar surface area (TPSA) is 108 Å². The summed E-state index contributed by atoms with van der Waals surface area (Å²) in [5, 5.41) is 14.2. The lowest BCUT2D eigenvalue weighted by molar-refractivity contribution is -0.115. The lowest BCUT2D eigenvalue weighted by Gasteiger charge is -2.13. The Morgan fingerprint density at radius 3 is 2.45 bits per heavy atom. The third-order valence-electron chi connectivity index (χ3n) is 5.44. The van der Waals surface area contributed by atoms with E-state index >= 15 is 0 Å². The third-order valence-corrected chi connectivity index (χ3v) is 5.84. The molecule has 8 heteroatoms. The van der Waals surface area contributed by atoms with Crippen LogP contribution in [0.15, 0.2) is 54.7 Å². The summed E-state index contributed by atoms with van der Waals surface area (Å²) in [4.78, 5) is 40.9. The quantitative estimate of drug-likeness (QED) is 0.299. The van der Waals surface area contributed by atoms with Crippen molar-refractivity contribution in [2.24, 2.45) is 0 Å². The molecule has 0 spiro atoms. The number of halogens is 1. The van der Waals surface area contributed by atoms with Gasteiger partial charge in [0.2, 0.25) is 5.91 Å². The molecule has 1 saturated carbocycles. The highest BCUT2D eigenvalue weighted by Crippen LogP contribution is 2.39. The number of aryl methyl sites for hydroxylation is 1. The van der Waals surface area contributed by atoms with Crippen LogP contribution in [0.5, 0.6) is 0 Å².